The Hall–Kier alpha value is -3.65. The molecule has 4 N–H and O–H groups in total. The van der Waals surface area contributed by atoms with Gasteiger partial charge in [-0.3, -0.25) is 4.79 Å². The maximum atomic E-state index is 12.1. The van der Waals surface area contributed by atoms with Gasteiger partial charge in [0.25, 0.3) is 0 Å². The van der Waals surface area contributed by atoms with Crippen molar-refractivity contribution in [1.29, 1.82) is 0 Å². The highest BCUT2D eigenvalue weighted by Gasteiger charge is 2.50. The Morgan fingerprint density at radius 3 is 2.42 bits per heavy atom. The summed E-state index contributed by atoms with van der Waals surface area (Å²) >= 11 is 6.42. The monoisotopic (exact) mass is 535 g/mol. The zero-order valence-corrected chi connectivity index (χ0v) is 22.9. The number of amides is 2. The summed E-state index contributed by atoms with van der Waals surface area (Å²) in [6, 6.07) is 15.4. The van der Waals surface area contributed by atoms with Crippen LogP contribution in [0.15, 0.2) is 54.7 Å². The molecule has 3 aromatic rings. The number of primary amides is 1. The molecule has 1 atom stereocenters. The van der Waals surface area contributed by atoms with E-state index in [1.165, 1.54) is 0 Å². The Bertz CT molecular complexity index is 1320. The molecule has 200 valence electrons. The minimum Gasteiger partial charge on any atom is -0.444 e. The number of hydrogen-bond acceptors (Lipinski definition) is 6. The summed E-state index contributed by atoms with van der Waals surface area (Å²) in [5.41, 5.74) is 9.16. The average Bonchev–Trinajstić information content (AvgIpc) is 3.66. The molecule has 4 rings (SSSR count). The largest absolute Gasteiger partial charge is 0.444 e. The summed E-state index contributed by atoms with van der Waals surface area (Å²) in [5.74, 6) is 0.165. The van der Waals surface area contributed by atoms with Gasteiger partial charge in [-0.05, 0) is 82.2 Å². The number of halogens is 1. The Labute approximate surface area is 228 Å². The molecule has 0 radical (unpaired) electrons. The highest BCUT2D eigenvalue weighted by atomic mass is 35.5. The molecule has 1 unspecified atom stereocenters. The van der Waals surface area contributed by atoms with Gasteiger partial charge in [0.05, 0.1) is 28.4 Å². The number of nitrogens with one attached hydrogen (secondary N) is 2. The first-order valence-electron chi connectivity index (χ1n) is 12.7. The fourth-order valence-electron chi connectivity index (χ4n) is 4.42. The molecule has 0 spiro atoms. The van der Waals surface area contributed by atoms with Crippen molar-refractivity contribution < 1.29 is 14.3 Å². The summed E-state index contributed by atoms with van der Waals surface area (Å²) < 4.78 is 5.33. The third kappa shape index (κ3) is 6.61. The molecule has 9 heteroatoms. The molecule has 0 aliphatic heterocycles. The van der Waals surface area contributed by atoms with Gasteiger partial charge in [-0.2, -0.15) is 0 Å². The standard InChI is InChI=1S/C29H34ClN5O3/c1-18(33-27(37)38-28(2,3)4)19-9-12-21(13-10-19)34-26-32-17-23(30)24(35-26)14-11-20-7-5-6-8-22(20)29(15-16-29)25(31)36/h5-10,12-13,17-18H,11,14-16H2,1-4H3,(H2,31,36)(H,33,37)(H,32,34,35). The van der Waals surface area contributed by atoms with E-state index in [9.17, 15) is 9.59 Å². The van der Waals surface area contributed by atoms with E-state index in [0.29, 0.717) is 23.8 Å². The maximum Gasteiger partial charge on any atom is 0.408 e. The summed E-state index contributed by atoms with van der Waals surface area (Å²) in [6.45, 7) is 7.38. The number of aromatic nitrogens is 2. The fourth-order valence-corrected chi connectivity index (χ4v) is 4.61. The topological polar surface area (TPSA) is 119 Å². The fraction of sp³-hybridized carbons (Fsp3) is 0.379. The van der Waals surface area contributed by atoms with Crippen LogP contribution in [0.1, 0.15) is 69.0 Å². The van der Waals surface area contributed by atoms with Crippen LogP contribution in [0.2, 0.25) is 5.02 Å². The van der Waals surface area contributed by atoms with Gasteiger partial charge in [0.1, 0.15) is 5.60 Å². The number of carbonyl (C=O) groups is 2. The number of benzene rings is 2. The number of alkyl carbamates (subject to hydrolysis) is 1. The van der Waals surface area contributed by atoms with E-state index in [1.54, 1.807) is 6.20 Å². The highest BCUT2D eigenvalue weighted by Crippen LogP contribution is 2.49. The lowest BCUT2D eigenvalue weighted by Crippen LogP contribution is -2.34. The molecule has 2 aromatic carbocycles. The zero-order chi connectivity index (χ0) is 27.5. The minimum atomic E-state index is -0.554. The van der Waals surface area contributed by atoms with Crippen LogP contribution in [0.5, 0.6) is 0 Å². The number of hydrogen-bond donors (Lipinski definition) is 3. The van der Waals surface area contributed by atoms with E-state index in [2.05, 4.69) is 20.6 Å². The van der Waals surface area contributed by atoms with Crippen molar-refractivity contribution in [3.8, 4) is 0 Å². The quantitative estimate of drug-likeness (QED) is 0.320. The maximum absolute atomic E-state index is 12.1. The van der Waals surface area contributed by atoms with Crippen molar-refractivity contribution in [1.82, 2.24) is 15.3 Å². The second-order valence-corrected chi connectivity index (χ2v) is 11.1. The van der Waals surface area contributed by atoms with E-state index in [1.807, 2.05) is 76.2 Å². The van der Waals surface area contributed by atoms with Gasteiger partial charge in [-0.25, -0.2) is 14.8 Å². The van der Waals surface area contributed by atoms with Crippen LogP contribution < -0.4 is 16.4 Å². The van der Waals surface area contributed by atoms with Crippen LogP contribution in [0.4, 0.5) is 16.4 Å². The van der Waals surface area contributed by atoms with Crippen LogP contribution in [0.3, 0.4) is 0 Å². The van der Waals surface area contributed by atoms with Gasteiger partial charge >= 0.3 is 6.09 Å². The summed E-state index contributed by atoms with van der Waals surface area (Å²) in [5, 5.41) is 6.54. The van der Waals surface area contributed by atoms with Gasteiger partial charge in [-0.15, -0.1) is 0 Å². The van der Waals surface area contributed by atoms with Crippen LogP contribution in [0.25, 0.3) is 0 Å². The van der Waals surface area contributed by atoms with Gasteiger partial charge in [0, 0.05) is 5.69 Å². The normalized spacial score (nSPS) is 14.9. The molecule has 1 fully saturated rings. The molecule has 8 nitrogen and oxygen atoms in total. The van der Waals surface area contributed by atoms with Gasteiger partial charge in [-0.1, -0.05) is 48.0 Å². The molecule has 0 bridgehead atoms. The first-order chi connectivity index (χ1) is 18.0. The second kappa shape index (κ2) is 11.0. The van der Waals surface area contributed by atoms with Gasteiger partial charge in [0.15, 0.2) is 0 Å². The molecule has 2 amide bonds. The lowest BCUT2D eigenvalue weighted by molar-refractivity contribution is -0.120. The smallest absolute Gasteiger partial charge is 0.408 e. The predicted octanol–water partition coefficient (Wildman–Crippen LogP) is 5.76. The summed E-state index contributed by atoms with van der Waals surface area (Å²) in [7, 11) is 0. The summed E-state index contributed by atoms with van der Waals surface area (Å²) in [4.78, 5) is 33.1. The second-order valence-electron chi connectivity index (χ2n) is 10.7. The van der Waals surface area contributed by atoms with Crippen LogP contribution >= 0.6 is 11.6 Å². The van der Waals surface area contributed by atoms with Gasteiger partial charge in [0.2, 0.25) is 11.9 Å². The lowest BCUT2D eigenvalue weighted by atomic mass is 9.88. The Balaban J connectivity index is 1.40. The third-order valence-corrected chi connectivity index (χ3v) is 6.92. The first kappa shape index (κ1) is 27.4. The molecule has 1 heterocycles. The van der Waals surface area contributed by atoms with Crippen molar-refractivity contribution in [2.45, 2.75) is 70.4 Å². The molecule has 0 saturated heterocycles. The van der Waals surface area contributed by atoms with Crippen LogP contribution in [0, 0.1) is 0 Å². The first-order valence-corrected chi connectivity index (χ1v) is 13.1. The van der Waals surface area contributed by atoms with Gasteiger partial charge < -0.3 is 21.1 Å². The highest BCUT2D eigenvalue weighted by molar-refractivity contribution is 6.31. The summed E-state index contributed by atoms with van der Waals surface area (Å²) in [6.07, 6.45) is 3.98. The molecule has 1 aliphatic rings. The van der Waals surface area contributed by atoms with E-state index in [0.717, 1.165) is 40.9 Å². The molecular weight excluding hydrogens is 502 g/mol. The van der Waals surface area contributed by atoms with E-state index in [-0.39, 0.29) is 11.9 Å². The SMILES string of the molecule is CC(NC(=O)OC(C)(C)C)c1ccc(Nc2ncc(Cl)c(CCc3ccccc3C3(C(N)=O)CC3)n2)cc1. The van der Waals surface area contributed by atoms with Crippen LogP contribution in [-0.2, 0) is 27.8 Å². The Morgan fingerprint density at radius 1 is 1.11 bits per heavy atom. The number of nitrogens with zero attached hydrogens (tertiary/aromatic N) is 2. The number of nitrogens with two attached hydrogens (primary N) is 1. The van der Waals surface area contributed by atoms with Crippen molar-refractivity contribution in [2.75, 3.05) is 5.32 Å². The third-order valence-electron chi connectivity index (χ3n) is 6.60. The van der Waals surface area contributed by atoms with Crippen molar-refractivity contribution in [3.05, 3.63) is 82.1 Å². The number of rotatable bonds is 9. The van der Waals surface area contributed by atoms with E-state index >= 15 is 0 Å². The van der Waals surface area contributed by atoms with Crippen molar-refractivity contribution in [3.63, 3.8) is 0 Å². The predicted molar refractivity (Wildman–Crippen MR) is 149 cm³/mol. The molecular formula is C29H34ClN5O3. The molecule has 1 aromatic heterocycles. The van der Waals surface area contributed by atoms with E-state index < -0.39 is 17.1 Å². The molecule has 38 heavy (non-hydrogen) atoms. The molecule has 1 aliphatic carbocycles. The number of aryl methyl sites for hydroxylation is 2. The molecule has 1 saturated carbocycles. The zero-order valence-electron chi connectivity index (χ0n) is 22.2. The van der Waals surface area contributed by atoms with Crippen molar-refractivity contribution in [2.24, 2.45) is 5.73 Å². The van der Waals surface area contributed by atoms with Crippen molar-refractivity contribution >= 4 is 35.2 Å². The van der Waals surface area contributed by atoms with E-state index in [4.69, 9.17) is 22.1 Å². The minimum absolute atomic E-state index is 0.218. The Kier molecular flexibility index (Phi) is 7.92. The Morgan fingerprint density at radius 2 is 1.79 bits per heavy atom. The van der Waals surface area contributed by atoms with Crippen LogP contribution in [-0.4, -0.2) is 27.6 Å². The number of carbonyl (C=O) groups excluding carboxylic acids is 2. The lowest BCUT2D eigenvalue weighted by Gasteiger charge is -2.22. The average molecular weight is 536 g/mol. The number of anilines is 2. The number of ether oxygens (including phenoxy) is 1.